The van der Waals surface area contributed by atoms with E-state index in [-0.39, 0.29) is 0 Å². The zero-order valence-electron chi connectivity index (χ0n) is 14.1. The Kier molecular flexibility index (Phi) is 5.65. The highest BCUT2D eigenvalue weighted by Crippen LogP contribution is 2.13. The van der Waals surface area contributed by atoms with Gasteiger partial charge in [-0.2, -0.15) is 0 Å². The average molecular weight is 318 g/mol. The summed E-state index contributed by atoms with van der Waals surface area (Å²) in [5.74, 6) is 0.918. The van der Waals surface area contributed by atoms with Crippen LogP contribution in [0.4, 0.5) is 0 Å². The fourth-order valence-electron chi connectivity index (χ4n) is 2.59. The number of hydrogen-bond acceptors (Lipinski definition) is 1. The smallest absolute Gasteiger partial charge is 0.119 e. The average Bonchev–Trinajstić information content (AvgIpc) is 2.64. The molecular formula is C22H24NO+. The second-order valence-electron chi connectivity index (χ2n) is 6.10. The highest BCUT2D eigenvalue weighted by molar-refractivity contribution is 5.27. The lowest BCUT2D eigenvalue weighted by Crippen LogP contribution is -2.80. The summed E-state index contributed by atoms with van der Waals surface area (Å²) >= 11 is 0. The van der Waals surface area contributed by atoms with Gasteiger partial charge in [0.15, 0.2) is 0 Å². The topological polar surface area (TPSA) is 25.8 Å². The van der Waals surface area contributed by atoms with Gasteiger partial charge in [0.25, 0.3) is 0 Å². The van der Waals surface area contributed by atoms with E-state index in [1.165, 1.54) is 22.3 Å². The molecule has 0 amide bonds. The SMILES string of the molecule is Cc1ccc(C[NH2+]Cc2ccc(OCc3ccccc3)cc2)cc1. The van der Waals surface area contributed by atoms with Crippen molar-refractivity contribution in [2.24, 2.45) is 0 Å². The van der Waals surface area contributed by atoms with Crippen molar-refractivity contribution >= 4 is 0 Å². The van der Waals surface area contributed by atoms with Crippen molar-refractivity contribution in [3.63, 3.8) is 0 Å². The van der Waals surface area contributed by atoms with Gasteiger partial charge >= 0.3 is 0 Å². The van der Waals surface area contributed by atoms with E-state index in [0.29, 0.717) is 6.61 Å². The minimum atomic E-state index is 0.611. The van der Waals surface area contributed by atoms with Gasteiger partial charge in [0, 0.05) is 11.1 Å². The molecule has 3 rings (SSSR count). The molecule has 2 heteroatoms. The molecule has 0 unspecified atom stereocenters. The van der Waals surface area contributed by atoms with E-state index < -0.39 is 0 Å². The summed E-state index contributed by atoms with van der Waals surface area (Å²) in [5.41, 5.74) is 5.18. The molecule has 0 radical (unpaired) electrons. The van der Waals surface area contributed by atoms with Crippen LogP contribution in [0.2, 0.25) is 0 Å². The third kappa shape index (κ3) is 4.97. The fraction of sp³-hybridized carbons (Fsp3) is 0.182. The van der Waals surface area contributed by atoms with Crippen molar-refractivity contribution in [3.05, 3.63) is 101 Å². The lowest BCUT2D eigenvalue weighted by molar-refractivity contribution is -0.686. The van der Waals surface area contributed by atoms with E-state index in [9.17, 15) is 0 Å². The van der Waals surface area contributed by atoms with Crippen molar-refractivity contribution in [1.82, 2.24) is 0 Å². The van der Waals surface area contributed by atoms with E-state index in [4.69, 9.17) is 4.74 Å². The Balaban J connectivity index is 1.45. The van der Waals surface area contributed by atoms with E-state index in [2.05, 4.69) is 72.9 Å². The summed E-state index contributed by atoms with van der Waals surface area (Å²) in [6.07, 6.45) is 0. The summed E-state index contributed by atoms with van der Waals surface area (Å²) in [4.78, 5) is 0. The Morgan fingerprint density at radius 3 is 1.88 bits per heavy atom. The van der Waals surface area contributed by atoms with Crippen LogP contribution in [0.25, 0.3) is 0 Å². The fourth-order valence-corrected chi connectivity index (χ4v) is 2.59. The summed E-state index contributed by atoms with van der Waals surface area (Å²) in [5, 5.41) is 2.32. The molecule has 0 fully saturated rings. The number of hydrogen-bond donors (Lipinski definition) is 1. The van der Waals surface area contributed by atoms with Gasteiger partial charge in [0.2, 0.25) is 0 Å². The molecule has 0 aliphatic carbocycles. The number of rotatable bonds is 7. The number of benzene rings is 3. The minimum absolute atomic E-state index is 0.611. The molecule has 0 aromatic heterocycles. The molecule has 0 heterocycles. The molecule has 3 aromatic rings. The molecule has 2 nitrogen and oxygen atoms in total. The van der Waals surface area contributed by atoms with Gasteiger partial charge in [0.05, 0.1) is 0 Å². The molecule has 2 N–H and O–H groups in total. The van der Waals surface area contributed by atoms with Crippen LogP contribution in [-0.4, -0.2) is 0 Å². The Hall–Kier alpha value is -2.58. The predicted molar refractivity (Wildman–Crippen MR) is 97.7 cm³/mol. The van der Waals surface area contributed by atoms with Crippen LogP contribution >= 0.6 is 0 Å². The molecular weight excluding hydrogens is 294 g/mol. The largest absolute Gasteiger partial charge is 0.489 e. The van der Waals surface area contributed by atoms with Crippen molar-refractivity contribution in [2.75, 3.05) is 0 Å². The zero-order chi connectivity index (χ0) is 16.6. The highest BCUT2D eigenvalue weighted by atomic mass is 16.5. The van der Waals surface area contributed by atoms with Gasteiger partial charge < -0.3 is 10.1 Å². The van der Waals surface area contributed by atoms with Crippen molar-refractivity contribution in [1.29, 1.82) is 0 Å². The first-order chi connectivity index (χ1) is 11.8. The molecule has 0 atom stereocenters. The van der Waals surface area contributed by atoms with Crippen LogP contribution < -0.4 is 10.1 Å². The van der Waals surface area contributed by atoms with Gasteiger partial charge in [-0.3, -0.25) is 0 Å². The van der Waals surface area contributed by atoms with Crippen LogP contribution in [0, 0.1) is 6.92 Å². The molecule has 0 saturated carbocycles. The van der Waals surface area contributed by atoms with Crippen LogP contribution in [0.15, 0.2) is 78.9 Å². The molecule has 0 spiro atoms. The molecule has 122 valence electrons. The van der Waals surface area contributed by atoms with E-state index in [0.717, 1.165) is 18.8 Å². The quantitative estimate of drug-likeness (QED) is 0.704. The van der Waals surface area contributed by atoms with Gasteiger partial charge in [-0.15, -0.1) is 0 Å². The Morgan fingerprint density at radius 2 is 1.25 bits per heavy atom. The van der Waals surface area contributed by atoms with Crippen LogP contribution in [0.1, 0.15) is 22.3 Å². The number of aryl methyl sites for hydroxylation is 1. The maximum absolute atomic E-state index is 5.82. The first-order valence-electron chi connectivity index (χ1n) is 8.42. The van der Waals surface area contributed by atoms with Crippen LogP contribution in [0.5, 0.6) is 5.75 Å². The first-order valence-corrected chi connectivity index (χ1v) is 8.42. The monoisotopic (exact) mass is 318 g/mol. The number of quaternary nitrogens is 1. The maximum Gasteiger partial charge on any atom is 0.119 e. The second kappa shape index (κ2) is 8.32. The second-order valence-corrected chi connectivity index (χ2v) is 6.10. The molecule has 0 saturated heterocycles. The van der Waals surface area contributed by atoms with Gasteiger partial charge in [-0.05, 0) is 36.8 Å². The lowest BCUT2D eigenvalue weighted by Gasteiger charge is -2.07. The molecule has 0 bridgehead atoms. The van der Waals surface area contributed by atoms with Crippen LogP contribution in [-0.2, 0) is 19.7 Å². The Bertz CT molecular complexity index is 733. The Morgan fingerprint density at radius 1 is 0.667 bits per heavy atom. The standard InChI is InChI=1S/C22H23NO/c1-18-7-9-19(10-8-18)15-23-16-20-11-13-22(14-12-20)24-17-21-5-3-2-4-6-21/h2-14,23H,15-17H2,1H3/p+1. The van der Waals surface area contributed by atoms with E-state index >= 15 is 0 Å². The van der Waals surface area contributed by atoms with Crippen LogP contribution in [0.3, 0.4) is 0 Å². The number of ether oxygens (including phenoxy) is 1. The predicted octanol–water partition coefficient (Wildman–Crippen LogP) is 3.84. The van der Waals surface area contributed by atoms with E-state index in [1.54, 1.807) is 0 Å². The summed E-state index contributed by atoms with van der Waals surface area (Å²) in [6, 6.07) is 27.4. The van der Waals surface area contributed by atoms with Crippen molar-refractivity contribution in [2.45, 2.75) is 26.6 Å². The molecule has 24 heavy (non-hydrogen) atoms. The third-order valence-electron chi connectivity index (χ3n) is 4.05. The van der Waals surface area contributed by atoms with Gasteiger partial charge in [-0.25, -0.2) is 0 Å². The lowest BCUT2D eigenvalue weighted by atomic mass is 10.1. The zero-order valence-corrected chi connectivity index (χ0v) is 14.1. The molecule has 0 aliphatic heterocycles. The summed E-state index contributed by atoms with van der Waals surface area (Å²) in [6.45, 7) is 4.72. The summed E-state index contributed by atoms with van der Waals surface area (Å²) < 4.78 is 5.82. The van der Waals surface area contributed by atoms with Gasteiger partial charge in [-0.1, -0.05) is 60.2 Å². The van der Waals surface area contributed by atoms with E-state index in [1.807, 2.05) is 18.2 Å². The molecule has 0 aliphatic rings. The highest BCUT2D eigenvalue weighted by Gasteiger charge is 2.00. The summed E-state index contributed by atoms with van der Waals surface area (Å²) in [7, 11) is 0. The minimum Gasteiger partial charge on any atom is -0.489 e. The van der Waals surface area contributed by atoms with Crippen molar-refractivity contribution < 1.29 is 10.1 Å². The Labute approximate surface area is 144 Å². The first kappa shape index (κ1) is 16.3. The number of nitrogens with two attached hydrogens (primary N) is 1. The van der Waals surface area contributed by atoms with Crippen molar-refractivity contribution in [3.8, 4) is 5.75 Å². The normalized spacial score (nSPS) is 10.5. The maximum atomic E-state index is 5.82. The third-order valence-corrected chi connectivity index (χ3v) is 4.05. The van der Waals surface area contributed by atoms with Gasteiger partial charge in [0.1, 0.15) is 25.4 Å². The molecule has 3 aromatic carbocycles.